The maximum Gasteiger partial charge on any atom is 0.222 e. The molecule has 32 heavy (non-hydrogen) atoms. The number of nitrogens with one attached hydrogen (secondary N) is 2. The zero-order valence-electron chi connectivity index (χ0n) is 17.5. The molecule has 0 radical (unpaired) electrons. The molecule has 1 fully saturated rings. The van der Waals surface area contributed by atoms with Gasteiger partial charge in [0.25, 0.3) is 0 Å². The lowest BCUT2D eigenvalue weighted by atomic mass is 9.89. The Balaban J connectivity index is 1.24. The van der Waals surface area contributed by atoms with E-state index >= 15 is 0 Å². The predicted octanol–water partition coefficient (Wildman–Crippen LogP) is 6.01. The molecule has 1 saturated carbocycles. The molecule has 5 rings (SSSR count). The smallest absolute Gasteiger partial charge is 0.222 e. The number of nitrogens with zero attached hydrogens (tertiary/aromatic N) is 1. The number of hydrogen-bond donors (Lipinski definition) is 2. The minimum Gasteiger partial charge on any atom is -0.467 e. The summed E-state index contributed by atoms with van der Waals surface area (Å²) < 4.78 is 10.9. The zero-order valence-corrected chi connectivity index (χ0v) is 18.2. The van der Waals surface area contributed by atoms with Crippen molar-refractivity contribution in [1.82, 2.24) is 10.3 Å². The van der Waals surface area contributed by atoms with E-state index in [0.717, 1.165) is 42.3 Å². The van der Waals surface area contributed by atoms with Crippen molar-refractivity contribution in [2.75, 3.05) is 5.32 Å². The summed E-state index contributed by atoms with van der Waals surface area (Å²) in [5.74, 6) is 0.819. The second kappa shape index (κ2) is 9.18. The van der Waals surface area contributed by atoms with Gasteiger partial charge in [-0.25, -0.2) is 0 Å². The van der Waals surface area contributed by atoms with Gasteiger partial charge < -0.3 is 14.2 Å². The Hall–Kier alpha value is -3.09. The molecule has 0 amide bonds. The van der Waals surface area contributed by atoms with Crippen molar-refractivity contribution in [3.05, 3.63) is 83.8 Å². The van der Waals surface area contributed by atoms with E-state index in [4.69, 9.17) is 20.4 Å². The molecule has 6 nitrogen and oxygen atoms in total. The lowest BCUT2D eigenvalue weighted by Crippen LogP contribution is -2.41. The number of carbonyl (C=O) groups excluding carboxylic acids is 1. The highest BCUT2D eigenvalue weighted by molar-refractivity contribution is 6.31. The summed E-state index contributed by atoms with van der Waals surface area (Å²) in [7, 11) is 0. The summed E-state index contributed by atoms with van der Waals surface area (Å²) in [5.41, 5.74) is 1.96. The van der Waals surface area contributed by atoms with Crippen molar-refractivity contribution in [3.63, 3.8) is 0 Å². The second-order valence-electron chi connectivity index (χ2n) is 8.17. The van der Waals surface area contributed by atoms with E-state index in [1.54, 1.807) is 24.5 Å². The van der Waals surface area contributed by atoms with E-state index in [1.807, 2.05) is 36.5 Å². The van der Waals surface area contributed by atoms with Gasteiger partial charge in [-0.1, -0.05) is 11.6 Å². The van der Waals surface area contributed by atoms with Crippen LogP contribution in [0.3, 0.4) is 0 Å². The Labute approximate surface area is 191 Å². The van der Waals surface area contributed by atoms with Crippen molar-refractivity contribution in [2.45, 2.75) is 43.8 Å². The Kier molecular flexibility index (Phi) is 5.97. The summed E-state index contributed by atoms with van der Waals surface area (Å²) >= 11 is 6.11. The van der Waals surface area contributed by atoms with Crippen LogP contribution in [0.25, 0.3) is 10.9 Å². The number of carbonyl (C=O) groups is 1. The number of pyridine rings is 1. The fraction of sp³-hybridized carbons (Fsp3) is 0.280. The molecule has 1 aliphatic carbocycles. The lowest BCUT2D eigenvalue weighted by molar-refractivity contribution is 0.0889. The molecule has 1 aliphatic rings. The van der Waals surface area contributed by atoms with Gasteiger partial charge in [-0.3, -0.25) is 15.1 Å². The van der Waals surface area contributed by atoms with Crippen LogP contribution in [0.2, 0.25) is 5.02 Å². The zero-order chi connectivity index (χ0) is 21.9. The Morgan fingerprint density at radius 2 is 1.78 bits per heavy atom. The number of halogens is 1. The molecule has 2 N–H and O–H groups in total. The van der Waals surface area contributed by atoms with Crippen LogP contribution in [-0.4, -0.2) is 22.9 Å². The SMILES string of the molecule is O=C(c1ccco1)C(NC1CCC(Nc2ccnc3cc(Cl)ccc23)CC1)c1ccco1. The molecule has 3 heterocycles. The number of hydrogen-bond acceptors (Lipinski definition) is 6. The topological polar surface area (TPSA) is 80.3 Å². The highest BCUT2D eigenvalue weighted by Gasteiger charge is 2.31. The van der Waals surface area contributed by atoms with Gasteiger partial charge in [0.15, 0.2) is 5.76 Å². The molecule has 164 valence electrons. The van der Waals surface area contributed by atoms with E-state index in [0.29, 0.717) is 22.6 Å². The third-order valence-corrected chi connectivity index (χ3v) is 6.28. The van der Waals surface area contributed by atoms with Crippen LogP contribution in [0.15, 0.2) is 76.1 Å². The van der Waals surface area contributed by atoms with E-state index < -0.39 is 6.04 Å². The first-order chi connectivity index (χ1) is 15.7. The Morgan fingerprint density at radius 3 is 2.53 bits per heavy atom. The van der Waals surface area contributed by atoms with Gasteiger partial charge in [-0.2, -0.15) is 0 Å². The fourth-order valence-electron chi connectivity index (χ4n) is 4.41. The largest absolute Gasteiger partial charge is 0.467 e. The molecular weight excluding hydrogens is 426 g/mol. The number of ketones is 1. The van der Waals surface area contributed by atoms with Gasteiger partial charge in [0, 0.05) is 34.4 Å². The molecule has 0 aliphatic heterocycles. The molecule has 7 heteroatoms. The minimum atomic E-state index is -0.556. The standard InChI is InChI=1S/C25H24ClN3O3/c26-16-5-10-19-20(11-12-27-21(19)15-16)28-17-6-8-18(9-7-17)29-24(22-3-1-13-31-22)25(30)23-4-2-14-32-23/h1-5,10-15,17-18,24,29H,6-9H2,(H,27,28). The van der Waals surface area contributed by atoms with Crippen LogP contribution in [0.4, 0.5) is 5.69 Å². The van der Waals surface area contributed by atoms with Gasteiger partial charge in [-0.15, -0.1) is 0 Å². The molecule has 1 unspecified atom stereocenters. The van der Waals surface area contributed by atoms with E-state index in [-0.39, 0.29) is 11.8 Å². The van der Waals surface area contributed by atoms with Gasteiger partial charge in [0.05, 0.1) is 18.0 Å². The monoisotopic (exact) mass is 449 g/mol. The van der Waals surface area contributed by atoms with Crippen molar-refractivity contribution in [2.24, 2.45) is 0 Å². The first-order valence-corrected chi connectivity index (χ1v) is 11.2. The predicted molar refractivity (Wildman–Crippen MR) is 124 cm³/mol. The number of benzene rings is 1. The highest BCUT2D eigenvalue weighted by Crippen LogP contribution is 2.29. The van der Waals surface area contributed by atoms with Gasteiger partial charge in [0.2, 0.25) is 5.78 Å². The lowest BCUT2D eigenvalue weighted by Gasteiger charge is -2.32. The number of rotatable bonds is 7. The summed E-state index contributed by atoms with van der Waals surface area (Å²) in [6, 6.07) is 14.8. The second-order valence-corrected chi connectivity index (χ2v) is 8.61. The van der Waals surface area contributed by atoms with Crippen LogP contribution in [0.1, 0.15) is 48.0 Å². The van der Waals surface area contributed by atoms with Crippen molar-refractivity contribution in [3.8, 4) is 0 Å². The van der Waals surface area contributed by atoms with E-state index in [9.17, 15) is 4.79 Å². The number of Topliss-reactive ketones (excluding diaryl/α,β-unsaturated/α-hetero) is 1. The summed E-state index contributed by atoms with van der Waals surface area (Å²) in [5, 5.41) is 8.94. The maximum atomic E-state index is 13.0. The molecule has 0 bridgehead atoms. The quantitative estimate of drug-likeness (QED) is 0.336. The highest BCUT2D eigenvalue weighted by atomic mass is 35.5. The van der Waals surface area contributed by atoms with Crippen LogP contribution in [-0.2, 0) is 0 Å². The third kappa shape index (κ3) is 4.42. The van der Waals surface area contributed by atoms with Crippen LogP contribution < -0.4 is 10.6 Å². The number of fused-ring (bicyclic) bond motifs is 1. The van der Waals surface area contributed by atoms with Crippen LogP contribution in [0, 0.1) is 0 Å². The average molecular weight is 450 g/mol. The summed E-state index contributed by atoms with van der Waals surface area (Å²) in [4.78, 5) is 17.4. The third-order valence-electron chi connectivity index (χ3n) is 6.05. The molecule has 1 atom stereocenters. The summed E-state index contributed by atoms with van der Waals surface area (Å²) in [6.07, 6.45) is 8.81. The van der Waals surface area contributed by atoms with Crippen LogP contribution >= 0.6 is 11.6 Å². The fourth-order valence-corrected chi connectivity index (χ4v) is 4.58. The van der Waals surface area contributed by atoms with Crippen molar-refractivity contribution >= 4 is 34.0 Å². The van der Waals surface area contributed by atoms with E-state index in [1.165, 1.54) is 6.26 Å². The molecular formula is C25H24ClN3O3. The molecule has 3 aromatic heterocycles. The Morgan fingerprint density at radius 1 is 1.00 bits per heavy atom. The van der Waals surface area contributed by atoms with Crippen LogP contribution in [0.5, 0.6) is 0 Å². The van der Waals surface area contributed by atoms with Crippen molar-refractivity contribution in [1.29, 1.82) is 0 Å². The van der Waals surface area contributed by atoms with Gasteiger partial charge >= 0.3 is 0 Å². The van der Waals surface area contributed by atoms with Crippen molar-refractivity contribution < 1.29 is 13.6 Å². The average Bonchev–Trinajstić information content (AvgIpc) is 3.53. The molecule has 1 aromatic carbocycles. The van der Waals surface area contributed by atoms with Gasteiger partial charge in [0.1, 0.15) is 11.8 Å². The Bertz CT molecular complexity index is 1180. The first-order valence-electron chi connectivity index (χ1n) is 10.9. The first kappa shape index (κ1) is 20.8. The van der Waals surface area contributed by atoms with E-state index in [2.05, 4.69) is 15.6 Å². The maximum absolute atomic E-state index is 13.0. The molecule has 0 spiro atoms. The minimum absolute atomic E-state index is 0.118. The normalized spacial score (nSPS) is 19.7. The summed E-state index contributed by atoms with van der Waals surface area (Å²) in [6.45, 7) is 0. The number of furan rings is 2. The van der Waals surface area contributed by atoms with Gasteiger partial charge in [-0.05, 0) is 74.2 Å². The molecule has 0 saturated heterocycles. The number of aromatic nitrogens is 1. The molecule has 4 aromatic rings. The number of anilines is 1.